The normalized spacial score (nSPS) is 17.4. The van der Waals surface area contributed by atoms with Crippen molar-refractivity contribution in [2.24, 2.45) is 0 Å². The van der Waals surface area contributed by atoms with Crippen molar-refractivity contribution < 1.29 is 9.18 Å². The van der Waals surface area contributed by atoms with Crippen molar-refractivity contribution in [1.29, 1.82) is 0 Å². The van der Waals surface area contributed by atoms with E-state index in [0.29, 0.717) is 5.69 Å². The lowest BCUT2D eigenvalue weighted by Gasteiger charge is -2.30. The molecule has 0 radical (unpaired) electrons. The Bertz CT molecular complexity index is 542. The van der Waals surface area contributed by atoms with E-state index in [0.717, 1.165) is 19.5 Å². The highest BCUT2D eigenvalue weighted by Crippen LogP contribution is 2.20. The molecule has 4 nitrogen and oxygen atoms in total. The number of nitrogens with zero attached hydrogens (tertiary/aromatic N) is 1. The number of nitrogens with one attached hydrogen (secondary N) is 1. The van der Waals surface area contributed by atoms with E-state index in [2.05, 4.69) is 23.2 Å². The van der Waals surface area contributed by atoms with Crippen LogP contribution in [0.5, 0.6) is 0 Å². The molecule has 1 atom stereocenters. The Kier molecular flexibility index (Phi) is 4.39. The molecule has 0 spiro atoms. The molecule has 1 aromatic carbocycles. The number of carbonyl (C=O) groups excluding carboxylic acids is 1. The second-order valence-corrected chi connectivity index (χ2v) is 5.19. The highest BCUT2D eigenvalue weighted by Gasteiger charge is 2.22. The maximum Gasteiger partial charge on any atom is 0.241 e. The molecule has 1 amide bonds. The van der Waals surface area contributed by atoms with Gasteiger partial charge in [-0.05, 0) is 38.5 Å². The summed E-state index contributed by atoms with van der Waals surface area (Å²) >= 11 is 0. The summed E-state index contributed by atoms with van der Waals surface area (Å²) in [5.41, 5.74) is 7.73. The summed E-state index contributed by atoms with van der Waals surface area (Å²) in [6.45, 7) is 5.61. The molecule has 1 aliphatic rings. The lowest BCUT2D eigenvalue weighted by molar-refractivity contribution is -0.120. The first-order valence-electron chi connectivity index (χ1n) is 6.73. The number of anilines is 2. The minimum Gasteiger partial charge on any atom is -0.397 e. The van der Waals surface area contributed by atoms with Crippen molar-refractivity contribution >= 4 is 17.3 Å². The van der Waals surface area contributed by atoms with Gasteiger partial charge in [0, 0.05) is 13.1 Å². The Labute approximate surface area is 118 Å². The summed E-state index contributed by atoms with van der Waals surface area (Å²) in [5.74, 6) is -0.540. The van der Waals surface area contributed by atoms with Gasteiger partial charge in [-0.25, -0.2) is 4.39 Å². The summed E-state index contributed by atoms with van der Waals surface area (Å²) < 4.78 is 13.0. The summed E-state index contributed by atoms with van der Waals surface area (Å²) in [6.07, 6.45) is 3.12. The number of nitrogens with two attached hydrogens (primary N) is 1. The quantitative estimate of drug-likeness (QED) is 0.659. The SMILES string of the molecule is CC1=CCN(C(C)C(=O)Nc2ccc(F)cc2N)CC1. The number of carbonyl (C=O) groups is 1. The largest absolute Gasteiger partial charge is 0.397 e. The number of amides is 1. The molecule has 1 aromatic rings. The van der Waals surface area contributed by atoms with Crippen LogP contribution in [0, 0.1) is 5.82 Å². The molecule has 1 heterocycles. The Hall–Kier alpha value is -1.88. The molecule has 0 fully saturated rings. The van der Waals surface area contributed by atoms with Crippen LogP contribution in [0.4, 0.5) is 15.8 Å². The summed E-state index contributed by atoms with van der Waals surface area (Å²) in [5, 5.41) is 2.75. The van der Waals surface area contributed by atoms with Crippen LogP contribution in [-0.2, 0) is 4.79 Å². The third-order valence-corrected chi connectivity index (χ3v) is 3.67. The maximum absolute atomic E-state index is 13.0. The predicted octanol–water partition coefficient (Wildman–Crippen LogP) is 2.39. The van der Waals surface area contributed by atoms with Crippen molar-refractivity contribution in [1.82, 2.24) is 4.90 Å². The minimum atomic E-state index is -0.412. The highest BCUT2D eigenvalue weighted by molar-refractivity contribution is 5.97. The lowest BCUT2D eigenvalue weighted by Crippen LogP contribution is -2.44. The molecule has 0 bridgehead atoms. The van der Waals surface area contributed by atoms with E-state index in [1.165, 1.54) is 23.8 Å². The van der Waals surface area contributed by atoms with Gasteiger partial charge in [0.1, 0.15) is 5.82 Å². The Morgan fingerprint density at radius 3 is 2.85 bits per heavy atom. The molecule has 20 heavy (non-hydrogen) atoms. The molecule has 2 rings (SSSR count). The van der Waals surface area contributed by atoms with Crippen LogP contribution in [0.25, 0.3) is 0 Å². The van der Waals surface area contributed by atoms with Gasteiger partial charge in [0.2, 0.25) is 5.91 Å². The van der Waals surface area contributed by atoms with Crippen LogP contribution in [0.1, 0.15) is 20.3 Å². The van der Waals surface area contributed by atoms with Gasteiger partial charge in [-0.2, -0.15) is 0 Å². The van der Waals surface area contributed by atoms with Gasteiger partial charge in [-0.1, -0.05) is 11.6 Å². The van der Waals surface area contributed by atoms with Crippen LogP contribution in [0.3, 0.4) is 0 Å². The van der Waals surface area contributed by atoms with Gasteiger partial charge in [0.05, 0.1) is 17.4 Å². The van der Waals surface area contributed by atoms with Crippen molar-refractivity contribution in [3.8, 4) is 0 Å². The van der Waals surface area contributed by atoms with Crippen LogP contribution in [0.15, 0.2) is 29.8 Å². The zero-order valence-electron chi connectivity index (χ0n) is 11.8. The van der Waals surface area contributed by atoms with Crippen molar-refractivity contribution in [3.63, 3.8) is 0 Å². The Morgan fingerprint density at radius 2 is 2.25 bits per heavy atom. The number of benzene rings is 1. The van der Waals surface area contributed by atoms with Gasteiger partial charge in [0.15, 0.2) is 0 Å². The predicted molar refractivity (Wildman–Crippen MR) is 78.9 cm³/mol. The van der Waals surface area contributed by atoms with E-state index in [9.17, 15) is 9.18 Å². The highest BCUT2D eigenvalue weighted by atomic mass is 19.1. The van der Waals surface area contributed by atoms with E-state index >= 15 is 0 Å². The van der Waals surface area contributed by atoms with E-state index in [4.69, 9.17) is 5.73 Å². The molecule has 3 N–H and O–H groups in total. The average Bonchev–Trinajstić information content (AvgIpc) is 2.42. The number of hydrogen-bond acceptors (Lipinski definition) is 3. The number of hydrogen-bond donors (Lipinski definition) is 2. The molecule has 0 saturated heterocycles. The topological polar surface area (TPSA) is 58.4 Å². The standard InChI is InChI=1S/C15H20FN3O/c1-10-5-7-19(8-6-10)11(2)15(20)18-14-4-3-12(16)9-13(14)17/h3-5,9,11H,6-8,17H2,1-2H3,(H,18,20). The zero-order valence-corrected chi connectivity index (χ0v) is 11.8. The van der Waals surface area contributed by atoms with Crippen molar-refractivity contribution in [3.05, 3.63) is 35.7 Å². The first-order valence-corrected chi connectivity index (χ1v) is 6.73. The molecule has 1 unspecified atom stereocenters. The van der Waals surface area contributed by atoms with Gasteiger partial charge >= 0.3 is 0 Å². The first kappa shape index (κ1) is 14.5. The van der Waals surface area contributed by atoms with Crippen molar-refractivity contribution in [2.45, 2.75) is 26.3 Å². The number of halogens is 1. The fraction of sp³-hybridized carbons (Fsp3) is 0.400. The number of rotatable bonds is 3. The zero-order chi connectivity index (χ0) is 14.7. The van der Waals surface area contributed by atoms with Gasteiger partial charge in [0.25, 0.3) is 0 Å². The lowest BCUT2D eigenvalue weighted by atomic mass is 10.1. The molecule has 108 valence electrons. The number of nitrogen functional groups attached to an aromatic ring is 1. The molecule has 1 aliphatic heterocycles. The molecular formula is C15H20FN3O. The Balaban J connectivity index is 2.01. The van der Waals surface area contributed by atoms with Crippen molar-refractivity contribution in [2.75, 3.05) is 24.1 Å². The summed E-state index contributed by atoms with van der Waals surface area (Å²) in [4.78, 5) is 14.3. The van der Waals surface area contributed by atoms with Gasteiger partial charge in [-0.3, -0.25) is 9.69 Å². The Morgan fingerprint density at radius 1 is 1.50 bits per heavy atom. The molecule has 0 saturated carbocycles. The summed E-state index contributed by atoms with van der Waals surface area (Å²) in [6, 6.07) is 3.72. The monoisotopic (exact) mass is 277 g/mol. The molecule has 0 aliphatic carbocycles. The van der Waals surface area contributed by atoms with E-state index in [1.54, 1.807) is 0 Å². The van der Waals surface area contributed by atoms with E-state index in [1.807, 2.05) is 6.92 Å². The van der Waals surface area contributed by atoms with E-state index in [-0.39, 0.29) is 17.6 Å². The smallest absolute Gasteiger partial charge is 0.241 e. The second kappa shape index (κ2) is 6.05. The molecular weight excluding hydrogens is 257 g/mol. The third kappa shape index (κ3) is 3.36. The summed E-state index contributed by atoms with van der Waals surface area (Å²) in [7, 11) is 0. The van der Waals surface area contributed by atoms with Crippen LogP contribution in [0.2, 0.25) is 0 Å². The van der Waals surface area contributed by atoms with Gasteiger partial charge in [-0.15, -0.1) is 0 Å². The fourth-order valence-electron chi connectivity index (χ4n) is 2.19. The molecule has 5 heteroatoms. The van der Waals surface area contributed by atoms with Crippen LogP contribution < -0.4 is 11.1 Å². The van der Waals surface area contributed by atoms with Crippen LogP contribution >= 0.6 is 0 Å². The fourth-order valence-corrected chi connectivity index (χ4v) is 2.19. The third-order valence-electron chi connectivity index (χ3n) is 3.67. The minimum absolute atomic E-state index is 0.128. The van der Waals surface area contributed by atoms with E-state index < -0.39 is 5.82 Å². The van der Waals surface area contributed by atoms with Gasteiger partial charge < -0.3 is 11.1 Å². The molecule has 0 aromatic heterocycles. The maximum atomic E-state index is 13.0. The first-order chi connectivity index (χ1) is 9.47. The van der Waals surface area contributed by atoms with Crippen LogP contribution in [-0.4, -0.2) is 29.9 Å². The second-order valence-electron chi connectivity index (χ2n) is 5.19. The average molecular weight is 277 g/mol.